The summed E-state index contributed by atoms with van der Waals surface area (Å²) in [6, 6.07) is 11.6. The van der Waals surface area contributed by atoms with Gasteiger partial charge in [-0.2, -0.15) is 0 Å². The number of methoxy groups -OCH3 is 1. The van der Waals surface area contributed by atoms with E-state index in [1.54, 1.807) is 30.3 Å². The Bertz CT molecular complexity index is 887. The molecule has 0 atom stereocenters. The molecule has 7 heteroatoms. The van der Waals surface area contributed by atoms with E-state index in [2.05, 4.69) is 15.0 Å². The number of carbonyl (C=O) groups excluding carboxylic acids is 2. The van der Waals surface area contributed by atoms with Crippen molar-refractivity contribution in [2.75, 3.05) is 18.2 Å². The predicted octanol–water partition coefficient (Wildman–Crippen LogP) is 2.92. The monoisotopic (exact) mass is 327 g/mol. The Morgan fingerprint density at radius 2 is 1.83 bits per heavy atom. The van der Waals surface area contributed by atoms with Gasteiger partial charge < -0.3 is 10.5 Å². The second-order valence-electron chi connectivity index (χ2n) is 4.77. The molecule has 116 valence electrons. The van der Waals surface area contributed by atoms with E-state index in [4.69, 9.17) is 5.73 Å². The maximum atomic E-state index is 12.2. The summed E-state index contributed by atoms with van der Waals surface area (Å²) < 4.78 is 5.52. The molecule has 3 N–H and O–H groups in total. The summed E-state index contributed by atoms with van der Waals surface area (Å²) in [5, 5.41) is 3.23. The number of nitrogens with one attached hydrogen (secondary N) is 1. The first-order valence-electron chi connectivity index (χ1n) is 6.72. The highest BCUT2D eigenvalue weighted by molar-refractivity contribution is 7.22. The van der Waals surface area contributed by atoms with Crippen molar-refractivity contribution in [1.82, 2.24) is 4.98 Å². The average molecular weight is 327 g/mol. The Hall–Kier alpha value is -2.93. The molecule has 0 bridgehead atoms. The van der Waals surface area contributed by atoms with Crippen molar-refractivity contribution in [2.45, 2.75) is 0 Å². The van der Waals surface area contributed by atoms with Gasteiger partial charge in [-0.3, -0.25) is 10.1 Å². The number of ether oxygens (including phenoxy) is 1. The maximum absolute atomic E-state index is 12.2. The van der Waals surface area contributed by atoms with Crippen LogP contribution < -0.4 is 11.1 Å². The number of carbonyl (C=O) groups is 2. The first kappa shape index (κ1) is 15.0. The van der Waals surface area contributed by atoms with Gasteiger partial charge in [0.2, 0.25) is 0 Å². The van der Waals surface area contributed by atoms with Crippen LogP contribution in [0.25, 0.3) is 10.2 Å². The van der Waals surface area contributed by atoms with E-state index in [1.165, 1.54) is 18.4 Å². The average Bonchev–Trinajstić information content (AvgIpc) is 2.95. The summed E-state index contributed by atoms with van der Waals surface area (Å²) in [7, 11) is 1.31. The third-order valence-corrected chi connectivity index (χ3v) is 4.13. The molecule has 0 saturated heterocycles. The third-order valence-electron chi connectivity index (χ3n) is 3.20. The van der Waals surface area contributed by atoms with Crippen LogP contribution in [0.2, 0.25) is 0 Å². The number of nitrogen functional groups attached to an aromatic ring is 1. The van der Waals surface area contributed by atoms with Gasteiger partial charge in [-0.1, -0.05) is 11.3 Å². The summed E-state index contributed by atoms with van der Waals surface area (Å²) in [4.78, 5) is 27.9. The van der Waals surface area contributed by atoms with Crippen molar-refractivity contribution in [2.24, 2.45) is 0 Å². The molecule has 2 aromatic carbocycles. The minimum absolute atomic E-state index is 0.298. The highest BCUT2D eigenvalue weighted by atomic mass is 32.1. The first-order valence-corrected chi connectivity index (χ1v) is 7.54. The van der Waals surface area contributed by atoms with Crippen LogP contribution in [0, 0.1) is 0 Å². The molecule has 23 heavy (non-hydrogen) atoms. The fraction of sp³-hybridized carbons (Fsp3) is 0.0625. The van der Waals surface area contributed by atoms with Gasteiger partial charge in [0.25, 0.3) is 5.91 Å². The Labute approximate surface area is 135 Å². The SMILES string of the molecule is COC(=O)c1ccc(C(=O)Nc2nc3ccc(N)cc3s2)cc1. The normalized spacial score (nSPS) is 10.5. The number of thiazole rings is 1. The van der Waals surface area contributed by atoms with E-state index in [0.717, 1.165) is 10.2 Å². The van der Waals surface area contributed by atoms with Gasteiger partial charge in [-0.25, -0.2) is 9.78 Å². The summed E-state index contributed by atoms with van der Waals surface area (Å²) >= 11 is 1.35. The standard InChI is InChI=1S/C16H13N3O3S/c1-22-15(21)10-4-2-9(3-5-10)14(20)19-16-18-12-7-6-11(17)8-13(12)23-16/h2-8H,17H2,1H3,(H,18,19,20). The number of amides is 1. The lowest BCUT2D eigenvalue weighted by Gasteiger charge is -2.03. The van der Waals surface area contributed by atoms with Crippen molar-refractivity contribution in [3.63, 3.8) is 0 Å². The third kappa shape index (κ3) is 3.14. The second kappa shape index (κ2) is 6.05. The van der Waals surface area contributed by atoms with Gasteiger partial charge in [0, 0.05) is 11.3 Å². The quantitative estimate of drug-likeness (QED) is 0.570. The highest BCUT2D eigenvalue weighted by Crippen LogP contribution is 2.27. The molecule has 3 aromatic rings. The Balaban J connectivity index is 1.78. The summed E-state index contributed by atoms with van der Waals surface area (Å²) in [5.74, 6) is -0.742. The summed E-state index contributed by atoms with van der Waals surface area (Å²) in [5.41, 5.74) is 7.97. The predicted molar refractivity (Wildman–Crippen MR) is 89.8 cm³/mol. The van der Waals surface area contributed by atoms with Crippen LogP contribution in [0.1, 0.15) is 20.7 Å². The smallest absolute Gasteiger partial charge is 0.337 e. The fourth-order valence-corrected chi connectivity index (χ4v) is 2.95. The van der Waals surface area contributed by atoms with Crippen molar-refractivity contribution in [3.05, 3.63) is 53.6 Å². The molecule has 0 aliphatic carbocycles. The minimum Gasteiger partial charge on any atom is -0.465 e. The second-order valence-corrected chi connectivity index (χ2v) is 5.80. The van der Waals surface area contributed by atoms with E-state index in [-0.39, 0.29) is 5.91 Å². The zero-order chi connectivity index (χ0) is 16.4. The summed E-state index contributed by atoms with van der Waals surface area (Å²) in [6.07, 6.45) is 0. The molecule has 0 spiro atoms. The van der Waals surface area contributed by atoms with Gasteiger partial charge in [0.15, 0.2) is 5.13 Å². The molecule has 0 saturated carbocycles. The zero-order valence-corrected chi connectivity index (χ0v) is 13.0. The Kier molecular flexibility index (Phi) is 3.94. The van der Waals surface area contributed by atoms with Gasteiger partial charge in [-0.15, -0.1) is 0 Å². The van der Waals surface area contributed by atoms with Crippen LogP contribution in [0.4, 0.5) is 10.8 Å². The molecular weight excluding hydrogens is 314 g/mol. The number of benzene rings is 2. The van der Waals surface area contributed by atoms with E-state index >= 15 is 0 Å². The fourth-order valence-electron chi connectivity index (χ4n) is 2.04. The first-order chi connectivity index (χ1) is 11.1. The molecule has 0 fully saturated rings. The Morgan fingerprint density at radius 3 is 2.52 bits per heavy atom. The number of esters is 1. The largest absolute Gasteiger partial charge is 0.465 e. The van der Waals surface area contributed by atoms with Crippen LogP contribution in [0.3, 0.4) is 0 Å². The van der Waals surface area contributed by atoms with Crippen LogP contribution in [0.15, 0.2) is 42.5 Å². The van der Waals surface area contributed by atoms with Crippen LogP contribution >= 0.6 is 11.3 Å². The molecule has 1 heterocycles. The number of fused-ring (bicyclic) bond motifs is 1. The lowest BCUT2D eigenvalue weighted by molar-refractivity contribution is 0.0600. The van der Waals surface area contributed by atoms with Crippen molar-refractivity contribution < 1.29 is 14.3 Å². The van der Waals surface area contributed by atoms with Crippen molar-refractivity contribution in [3.8, 4) is 0 Å². The van der Waals surface area contributed by atoms with E-state index < -0.39 is 5.97 Å². The van der Waals surface area contributed by atoms with Gasteiger partial charge in [-0.05, 0) is 42.5 Å². The lowest BCUT2D eigenvalue weighted by atomic mass is 10.1. The van der Waals surface area contributed by atoms with Gasteiger partial charge in [0.1, 0.15) is 0 Å². The highest BCUT2D eigenvalue weighted by Gasteiger charge is 2.11. The number of nitrogens with two attached hydrogens (primary N) is 1. The zero-order valence-electron chi connectivity index (χ0n) is 12.2. The number of nitrogens with zero attached hydrogens (tertiary/aromatic N) is 1. The van der Waals surface area contributed by atoms with Gasteiger partial charge >= 0.3 is 5.97 Å². The minimum atomic E-state index is -0.444. The summed E-state index contributed by atoms with van der Waals surface area (Å²) in [6.45, 7) is 0. The molecular formula is C16H13N3O3S. The molecule has 0 aliphatic heterocycles. The van der Waals surface area contributed by atoms with Gasteiger partial charge in [0.05, 0.1) is 22.9 Å². The topological polar surface area (TPSA) is 94.3 Å². The number of hydrogen-bond donors (Lipinski definition) is 2. The van der Waals surface area contributed by atoms with Crippen LogP contribution in [-0.2, 0) is 4.74 Å². The number of rotatable bonds is 3. The van der Waals surface area contributed by atoms with E-state index in [0.29, 0.717) is 21.9 Å². The molecule has 0 aliphatic rings. The maximum Gasteiger partial charge on any atom is 0.337 e. The molecule has 0 unspecified atom stereocenters. The van der Waals surface area contributed by atoms with E-state index in [1.807, 2.05) is 12.1 Å². The van der Waals surface area contributed by atoms with Crippen molar-refractivity contribution in [1.29, 1.82) is 0 Å². The number of hydrogen-bond acceptors (Lipinski definition) is 6. The van der Waals surface area contributed by atoms with Crippen LogP contribution in [-0.4, -0.2) is 24.0 Å². The molecule has 1 amide bonds. The molecule has 6 nitrogen and oxygen atoms in total. The number of aromatic nitrogens is 1. The van der Waals surface area contributed by atoms with Crippen molar-refractivity contribution >= 4 is 44.2 Å². The number of anilines is 2. The molecule has 1 aromatic heterocycles. The van der Waals surface area contributed by atoms with Crippen LogP contribution in [0.5, 0.6) is 0 Å². The van der Waals surface area contributed by atoms with E-state index in [9.17, 15) is 9.59 Å². The molecule has 3 rings (SSSR count). The molecule has 0 radical (unpaired) electrons. The lowest BCUT2D eigenvalue weighted by Crippen LogP contribution is -2.12. The Morgan fingerprint density at radius 1 is 1.13 bits per heavy atom.